The highest BCUT2D eigenvalue weighted by Gasteiger charge is 2.50. The molecule has 4 rings (SSSR count). The molecule has 0 N–H and O–H groups in total. The largest absolute Gasteiger partial charge is 0.268 e. The number of nitrogens with zero attached hydrogens (tertiary/aromatic N) is 3. The average molecular weight is 317 g/mol. The zero-order valence-corrected chi connectivity index (χ0v) is 13.6. The van der Waals surface area contributed by atoms with Gasteiger partial charge in [0.2, 0.25) is 0 Å². The second kappa shape index (κ2) is 5.77. The summed E-state index contributed by atoms with van der Waals surface area (Å²) in [6, 6.07) is 19.9. The summed E-state index contributed by atoms with van der Waals surface area (Å²) in [6.45, 7) is 2.75. The fourth-order valence-electron chi connectivity index (χ4n) is 4.05. The Morgan fingerprint density at radius 1 is 1.12 bits per heavy atom. The molecule has 0 radical (unpaired) electrons. The molecule has 4 heteroatoms. The van der Waals surface area contributed by atoms with Gasteiger partial charge in [0.25, 0.3) is 5.91 Å². The van der Waals surface area contributed by atoms with Crippen LogP contribution in [0.15, 0.2) is 54.6 Å². The molecule has 24 heavy (non-hydrogen) atoms. The maximum absolute atomic E-state index is 13.1. The summed E-state index contributed by atoms with van der Waals surface area (Å²) < 4.78 is 0. The zero-order chi connectivity index (χ0) is 16.7. The third-order valence-electron chi connectivity index (χ3n) is 5.21. The van der Waals surface area contributed by atoms with Crippen LogP contribution in [0.3, 0.4) is 0 Å². The fourth-order valence-corrected chi connectivity index (χ4v) is 4.05. The zero-order valence-electron chi connectivity index (χ0n) is 13.6. The first-order valence-corrected chi connectivity index (χ1v) is 8.35. The number of amides is 1. The van der Waals surface area contributed by atoms with Gasteiger partial charge in [-0.05, 0) is 36.6 Å². The van der Waals surface area contributed by atoms with Gasteiger partial charge in [-0.15, -0.1) is 0 Å². The van der Waals surface area contributed by atoms with Gasteiger partial charge >= 0.3 is 0 Å². The van der Waals surface area contributed by atoms with Crippen molar-refractivity contribution in [3.8, 4) is 6.07 Å². The van der Waals surface area contributed by atoms with Gasteiger partial charge in [-0.1, -0.05) is 42.5 Å². The molecule has 0 bridgehead atoms. The second-order valence-corrected chi connectivity index (χ2v) is 6.47. The molecule has 3 atom stereocenters. The van der Waals surface area contributed by atoms with Crippen LogP contribution in [0.5, 0.6) is 0 Å². The molecule has 0 spiro atoms. The number of hydrogen-bond donors (Lipinski definition) is 0. The second-order valence-electron chi connectivity index (χ2n) is 6.47. The molecule has 2 aliphatic heterocycles. The monoisotopic (exact) mass is 317 g/mol. The van der Waals surface area contributed by atoms with Crippen molar-refractivity contribution in [3.05, 3.63) is 71.3 Å². The Morgan fingerprint density at radius 3 is 2.58 bits per heavy atom. The lowest BCUT2D eigenvalue weighted by molar-refractivity contribution is -0.0126. The predicted molar refractivity (Wildman–Crippen MR) is 90.8 cm³/mol. The molecule has 2 aromatic carbocycles. The Morgan fingerprint density at radius 2 is 1.83 bits per heavy atom. The highest BCUT2D eigenvalue weighted by Crippen LogP contribution is 2.45. The van der Waals surface area contributed by atoms with Gasteiger partial charge in [-0.3, -0.25) is 9.80 Å². The Labute approximate surface area is 141 Å². The molecule has 0 aliphatic carbocycles. The Hall–Kier alpha value is -2.64. The molecule has 0 saturated carbocycles. The minimum atomic E-state index is -0.223. The van der Waals surface area contributed by atoms with E-state index >= 15 is 0 Å². The van der Waals surface area contributed by atoms with Gasteiger partial charge in [0.15, 0.2) is 0 Å². The highest BCUT2D eigenvalue weighted by atomic mass is 16.2. The molecule has 2 heterocycles. The average Bonchev–Trinajstić information content (AvgIpc) is 2.93. The van der Waals surface area contributed by atoms with E-state index in [2.05, 4.69) is 23.2 Å². The van der Waals surface area contributed by atoms with Gasteiger partial charge < -0.3 is 0 Å². The summed E-state index contributed by atoms with van der Waals surface area (Å²) in [4.78, 5) is 13.1. The van der Waals surface area contributed by atoms with Crippen molar-refractivity contribution in [2.75, 3.05) is 6.54 Å². The summed E-state index contributed by atoms with van der Waals surface area (Å²) in [5.74, 6) is -0.246. The lowest BCUT2D eigenvalue weighted by Gasteiger charge is -2.37. The summed E-state index contributed by atoms with van der Waals surface area (Å²) in [5.41, 5.74) is 3.14. The summed E-state index contributed by atoms with van der Waals surface area (Å²) >= 11 is 0. The van der Waals surface area contributed by atoms with E-state index in [9.17, 15) is 10.1 Å². The number of carbonyl (C=O) groups excluding carboxylic acids is 1. The van der Waals surface area contributed by atoms with E-state index in [0.29, 0.717) is 5.56 Å². The first kappa shape index (κ1) is 14.9. The standard InChI is InChI=1S/C20H19N3O/c1-14-18(13-21)19-17-10-6-5-7-15(17)11-12-22(19)23(14)20(24)16-8-3-2-4-9-16/h2-10,14,18-19H,11-12H2,1H3/t14-,18-,19+/m1/s1. The van der Waals surface area contributed by atoms with E-state index in [1.807, 2.05) is 54.4 Å². The van der Waals surface area contributed by atoms with E-state index in [0.717, 1.165) is 13.0 Å². The maximum atomic E-state index is 13.1. The number of hydrazine groups is 1. The minimum Gasteiger partial charge on any atom is -0.268 e. The summed E-state index contributed by atoms with van der Waals surface area (Å²) in [5, 5.41) is 13.7. The molecule has 120 valence electrons. The molecule has 2 aliphatic rings. The molecule has 4 nitrogen and oxygen atoms in total. The first-order chi connectivity index (χ1) is 11.7. The number of carbonyl (C=O) groups is 1. The van der Waals surface area contributed by atoms with Crippen LogP contribution < -0.4 is 0 Å². The molecule has 0 unspecified atom stereocenters. The number of benzene rings is 2. The number of hydrogen-bond acceptors (Lipinski definition) is 3. The van der Waals surface area contributed by atoms with E-state index in [1.165, 1.54) is 11.1 Å². The van der Waals surface area contributed by atoms with Gasteiger partial charge in [0.05, 0.1) is 24.1 Å². The van der Waals surface area contributed by atoms with Gasteiger partial charge in [-0.25, -0.2) is 5.01 Å². The highest BCUT2D eigenvalue weighted by molar-refractivity contribution is 5.94. The van der Waals surface area contributed by atoms with Crippen molar-refractivity contribution in [3.63, 3.8) is 0 Å². The predicted octanol–water partition coefficient (Wildman–Crippen LogP) is 3.19. The lowest BCUT2D eigenvalue weighted by Crippen LogP contribution is -2.47. The fraction of sp³-hybridized carbons (Fsp3) is 0.300. The number of rotatable bonds is 1. The molecule has 1 amide bonds. The lowest BCUT2D eigenvalue weighted by atomic mass is 9.85. The van der Waals surface area contributed by atoms with Gasteiger partial charge in [0, 0.05) is 12.1 Å². The third-order valence-corrected chi connectivity index (χ3v) is 5.21. The quantitative estimate of drug-likeness (QED) is 0.811. The van der Waals surface area contributed by atoms with E-state index in [4.69, 9.17) is 0 Å². The van der Waals surface area contributed by atoms with E-state index < -0.39 is 0 Å². The topological polar surface area (TPSA) is 47.3 Å². The van der Waals surface area contributed by atoms with Crippen LogP contribution in [0.2, 0.25) is 0 Å². The normalized spacial score (nSPS) is 25.7. The molecular formula is C20H19N3O. The van der Waals surface area contributed by atoms with Crippen LogP contribution in [0.25, 0.3) is 0 Å². The number of nitriles is 1. The number of fused-ring (bicyclic) bond motifs is 3. The van der Waals surface area contributed by atoms with Crippen LogP contribution >= 0.6 is 0 Å². The van der Waals surface area contributed by atoms with Gasteiger partial charge in [-0.2, -0.15) is 5.26 Å². The minimum absolute atomic E-state index is 0.0229. The Bertz CT molecular complexity index is 811. The van der Waals surface area contributed by atoms with Crippen LogP contribution in [-0.4, -0.2) is 28.5 Å². The van der Waals surface area contributed by atoms with Crippen LogP contribution in [-0.2, 0) is 6.42 Å². The van der Waals surface area contributed by atoms with Gasteiger partial charge in [0.1, 0.15) is 0 Å². The van der Waals surface area contributed by atoms with Crippen molar-refractivity contribution < 1.29 is 4.79 Å². The van der Waals surface area contributed by atoms with E-state index in [-0.39, 0.29) is 23.9 Å². The van der Waals surface area contributed by atoms with Crippen molar-refractivity contribution in [1.82, 2.24) is 10.0 Å². The van der Waals surface area contributed by atoms with Crippen LogP contribution in [0.1, 0.15) is 34.5 Å². The van der Waals surface area contributed by atoms with Crippen LogP contribution in [0, 0.1) is 17.2 Å². The molecule has 0 aromatic heterocycles. The molecular weight excluding hydrogens is 298 g/mol. The maximum Gasteiger partial charge on any atom is 0.268 e. The molecule has 1 fully saturated rings. The van der Waals surface area contributed by atoms with E-state index in [1.54, 1.807) is 0 Å². The Kier molecular flexibility index (Phi) is 3.59. The third kappa shape index (κ3) is 2.13. The Balaban J connectivity index is 1.76. The van der Waals surface area contributed by atoms with Crippen molar-refractivity contribution >= 4 is 5.91 Å². The molecule has 1 saturated heterocycles. The molecule has 2 aromatic rings. The smallest absolute Gasteiger partial charge is 0.268 e. The first-order valence-electron chi connectivity index (χ1n) is 8.35. The summed E-state index contributed by atoms with van der Waals surface area (Å²) in [6.07, 6.45) is 0.899. The van der Waals surface area contributed by atoms with Crippen molar-refractivity contribution in [1.29, 1.82) is 5.26 Å². The van der Waals surface area contributed by atoms with Crippen molar-refractivity contribution in [2.24, 2.45) is 5.92 Å². The van der Waals surface area contributed by atoms with Crippen LogP contribution in [0.4, 0.5) is 0 Å². The SMILES string of the molecule is C[C@@H]1[C@@H](C#N)[C@@H]2c3ccccc3CCN2N1C(=O)c1ccccc1. The summed E-state index contributed by atoms with van der Waals surface area (Å²) in [7, 11) is 0. The van der Waals surface area contributed by atoms with Crippen molar-refractivity contribution in [2.45, 2.75) is 25.4 Å².